The van der Waals surface area contributed by atoms with E-state index in [9.17, 15) is 9.59 Å². The van der Waals surface area contributed by atoms with Gasteiger partial charge in [-0.1, -0.05) is 0 Å². The third kappa shape index (κ3) is 3.23. The highest BCUT2D eigenvalue weighted by molar-refractivity contribution is 5.85. The summed E-state index contributed by atoms with van der Waals surface area (Å²) in [5.41, 5.74) is -0.546. The Balaban J connectivity index is 0.000000202. The van der Waals surface area contributed by atoms with Gasteiger partial charge < -0.3 is 10.2 Å². The van der Waals surface area contributed by atoms with Crippen molar-refractivity contribution in [2.24, 2.45) is 22.7 Å². The van der Waals surface area contributed by atoms with Crippen LogP contribution < -0.4 is 0 Å². The van der Waals surface area contributed by atoms with E-state index >= 15 is 0 Å². The van der Waals surface area contributed by atoms with Crippen molar-refractivity contribution in [3.05, 3.63) is 0 Å². The highest BCUT2D eigenvalue weighted by Crippen LogP contribution is 2.54. The average Bonchev–Trinajstić information content (AvgIpc) is 3.20. The molecule has 22 heavy (non-hydrogen) atoms. The molecule has 128 valence electrons. The fourth-order valence-electron chi connectivity index (χ4n) is 4.98. The van der Waals surface area contributed by atoms with Gasteiger partial charge in [0.25, 0.3) is 0 Å². The van der Waals surface area contributed by atoms with E-state index in [4.69, 9.17) is 10.2 Å². The number of fused-ring (bicyclic) bond motifs is 4. The van der Waals surface area contributed by atoms with Gasteiger partial charge in [-0.15, -0.1) is 24.8 Å². The van der Waals surface area contributed by atoms with Crippen molar-refractivity contribution in [1.82, 2.24) is 0 Å². The number of carbonyl (C=O) groups is 2. The van der Waals surface area contributed by atoms with E-state index in [2.05, 4.69) is 0 Å². The summed E-state index contributed by atoms with van der Waals surface area (Å²) < 4.78 is 0. The van der Waals surface area contributed by atoms with Crippen LogP contribution in [0.3, 0.4) is 0 Å². The Morgan fingerprint density at radius 1 is 0.682 bits per heavy atom. The van der Waals surface area contributed by atoms with Gasteiger partial charge in [0.2, 0.25) is 0 Å². The third-order valence-corrected chi connectivity index (χ3v) is 6.39. The predicted octanol–water partition coefficient (Wildman–Crippen LogP) is 4.15. The molecule has 0 aromatic rings. The van der Waals surface area contributed by atoms with Crippen LogP contribution in [0.1, 0.15) is 64.2 Å². The first-order valence-electron chi connectivity index (χ1n) is 7.93. The lowest BCUT2D eigenvalue weighted by Crippen LogP contribution is -2.25. The van der Waals surface area contributed by atoms with E-state index in [1.54, 1.807) is 0 Å². The molecular weight excluding hydrogens is 327 g/mol. The zero-order valence-electron chi connectivity index (χ0n) is 12.8. The Hall–Kier alpha value is -0.480. The van der Waals surface area contributed by atoms with E-state index in [0.717, 1.165) is 76.0 Å². The van der Waals surface area contributed by atoms with E-state index in [1.807, 2.05) is 0 Å². The minimum absolute atomic E-state index is 0. The first-order valence-corrected chi connectivity index (χ1v) is 7.93. The maximum Gasteiger partial charge on any atom is 0.309 e. The number of rotatable bonds is 2. The Kier molecular flexibility index (Phi) is 6.19. The largest absolute Gasteiger partial charge is 0.481 e. The lowest BCUT2D eigenvalue weighted by molar-refractivity contribution is -0.149. The lowest BCUT2D eigenvalue weighted by atomic mass is 9.85. The molecule has 0 spiro atoms. The van der Waals surface area contributed by atoms with Crippen LogP contribution in [0.25, 0.3) is 0 Å². The van der Waals surface area contributed by atoms with Gasteiger partial charge in [-0.2, -0.15) is 0 Å². The normalized spacial score (nSPS) is 40.2. The van der Waals surface area contributed by atoms with Crippen LogP contribution in [0.5, 0.6) is 0 Å². The van der Waals surface area contributed by atoms with E-state index in [-0.39, 0.29) is 35.6 Å². The zero-order valence-corrected chi connectivity index (χ0v) is 14.4. The molecule has 0 saturated heterocycles. The summed E-state index contributed by atoms with van der Waals surface area (Å²) in [7, 11) is 0. The summed E-state index contributed by atoms with van der Waals surface area (Å²) in [5, 5.41) is 17.8. The second-order valence-corrected chi connectivity index (χ2v) is 7.47. The third-order valence-electron chi connectivity index (χ3n) is 6.39. The first kappa shape index (κ1) is 19.6. The van der Waals surface area contributed by atoms with Gasteiger partial charge >= 0.3 is 11.9 Å². The van der Waals surface area contributed by atoms with E-state index < -0.39 is 11.9 Å². The summed E-state index contributed by atoms with van der Waals surface area (Å²) in [6.07, 6.45) is 10.3. The van der Waals surface area contributed by atoms with Crippen LogP contribution in [0, 0.1) is 22.7 Å². The van der Waals surface area contributed by atoms with Crippen LogP contribution >= 0.6 is 24.8 Å². The van der Waals surface area contributed by atoms with Crippen molar-refractivity contribution in [3.63, 3.8) is 0 Å². The standard InChI is InChI=1S/2C8H12O2.2ClH/c2*9-7(10)8-3-1-6(5-8)2-4-8;;/h2*6H,1-5H2,(H,9,10);2*1H. The first-order chi connectivity index (χ1) is 9.46. The van der Waals surface area contributed by atoms with Crippen molar-refractivity contribution in [1.29, 1.82) is 0 Å². The van der Waals surface area contributed by atoms with Crippen LogP contribution in [0.4, 0.5) is 0 Å². The minimum atomic E-state index is -0.549. The molecule has 0 aromatic heterocycles. The van der Waals surface area contributed by atoms with Gasteiger partial charge in [0.1, 0.15) is 0 Å². The molecule has 4 fully saturated rings. The zero-order chi connectivity index (χ0) is 14.4. The van der Waals surface area contributed by atoms with Crippen LogP contribution in [0.15, 0.2) is 0 Å². The highest BCUT2D eigenvalue weighted by Gasteiger charge is 2.50. The second kappa shape index (κ2) is 6.96. The monoisotopic (exact) mass is 352 g/mol. The molecule has 0 radical (unpaired) electrons. The average molecular weight is 353 g/mol. The van der Waals surface area contributed by atoms with Crippen LogP contribution in [0.2, 0.25) is 0 Å². The van der Waals surface area contributed by atoms with Gasteiger partial charge in [-0.05, 0) is 76.0 Å². The van der Waals surface area contributed by atoms with Crippen LogP contribution in [-0.2, 0) is 9.59 Å². The fourth-order valence-corrected chi connectivity index (χ4v) is 4.98. The molecule has 0 aromatic carbocycles. The summed E-state index contributed by atoms with van der Waals surface area (Å²) in [5.74, 6) is 0.396. The van der Waals surface area contributed by atoms with Crippen molar-refractivity contribution in [2.45, 2.75) is 64.2 Å². The summed E-state index contributed by atoms with van der Waals surface area (Å²) in [4.78, 5) is 21.6. The number of hydrogen-bond acceptors (Lipinski definition) is 2. The molecule has 4 nitrogen and oxygen atoms in total. The van der Waals surface area contributed by atoms with Crippen molar-refractivity contribution in [2.75, 3.05) is 0 Å². The second-order valence-electron chi connectivity index (χ2n) is 7.47. The lowest BCUT2D eigenvalue weighted by Gasteiger charge is -2.19. The van der Waals surface area contributed by atoms with Crippen molar-refractivity contribution in [3.8, 4) is 0 Å². The molecule has 4 bridgehead atoms. The molecule has 6 heteroatoms. The molecular formula is C16H26Cl2O4. The van der Waals surface area contributed by atoms with E-state index in [0.29, 0.717) is 0 Å². The Morgan fingerprint density at radius 2 is 0.955 bits per heavy atom. The van der Waals surface area contributed by atoms with Gasteiger partial charge in [0, 0.05) is 0 Å². The number of hydrogen-bond donors (Lipinski definition) is 2. The Labute approximate surface area is 143 Å². The van der Waals surface area contributed by atoms with Crippen molar-refractivity contribution >= 4 is 36.8 Å². The molecule has 4 aliphatic carbocycles. The minimum Gasteiger partial charge on any atom is -0.481 e. The Morgan fingerprint density at radius 3 is 1.05 bits per heavy atom. The molecule has 2 N–H and O–H groups in total. The molecule has 0 unspecified atom stereocenters. The summed E-state index contributed by atoms with van der Waals surface area (Å²) in [6.45, 7) is 0. The summed E-state index contributed by atoms with van der Waals surface area (Å²) in [6, 6.07) is 0. The molecule has 0 amide bonds. The highest BCUT2D eigenvalue weighted by atomic mass is 35.5. The molecule has 0 aliphatic heterocycles. The molecule has 4 aliphatic rings. The fraction of sp³-hybridized carbons (Fsp3) is 0.875. The van der Waals surface area contributed by atoms with Crippen LogP contribution in [-0.4, -0.2) is 22.2 Å². The molecule has 0 atom stereocenters. The van der Waals surface area contributed by atoms with Gasteiger partial charge in [-0.25, -0.2) is 0 Å². The van der Waals surface area contributed by atoms with E-state index in [1.165, 1.54) is 0 Å². The molecule has 4 rings (SSSR count). The number of aliphatic carboxylic acids is 2. The van der Waals surface area contributed by atoms with Crippen molar-refractivity contribution < 1.29 is 19.8 Å². The molecule has 0 heterocycles. The quantitative estimate of drug-likeness (QED) is 0.782. The van der Waals surface area contributed by atoms with Gasteiger partial charge in [0.05, 0.1) is 10.8 Å². The number of carboxylic acid groups (broad SMARTS) is 2. The molecule has 4 saturated carbocycles. The van der Waals surface area contributed by atoms with Gasteiger partial charge in [0.15, 0.2) is 0 Å². The Bertz CT molecular complexity index is 382. The smallest absolute Gasteiger partial charge is 0.309 e. The SMILES string of the molecule is Cl.Cl.O=C(O)C12CCC(CC1)C2.O=C(O)C12CCC(CC1)C2. The number of halogens is 2. The maximum absolute atomic E-state index is 10.8. The van der Waals surface area contributed by atoms with Gasteiger partial charge in [-0.3, -0.25) is 9.59 Å². The predicted molar refractivity (Wildman–Crippen MR) is 87.8 cm³/mol. The number of carboxylic acids is 2. The summed E-state index contributed by atoms with van der Waals surface area (Å²) >= 11 is 0. The topological polar surface area (TPSA) is 74.6 Å². The maximum atomic E-state index is 10.8.